The minimum absolute atomic E-state index is 0.119. The predicted molar refractivity (Wildman–Crippen MR) is 126 cm³/mol. The van der Waals surface area contributed by atoms with Crippen molar-refractivity contribution in [1.29, 1.82) is 0 Å². The maximum atomic E-state index is 6.21. The molecule has 0 saturated carbocycles. The highest BCUT2D eigenvalue weighted by atomic mass is 35.5. The number of hydrogen-bond acceptors (Lipinski definition) is 2. The standard InChI is InChI=1S/C14H4Cl10S2/c15-5-3(6(16)10(20)13(23)9(5)19)1-25-26-2-4-7(17)11(21)14(24)12(22)8(4)18/h1-2H2. The van der Waals surface area contributed by atoms with Gasteiger partial charge in [0.15, 0.2) is 0 Å². The summed E-state index contributed by atoms with van der Waals surface area (Å²) >= 11 is 61.0. The van der Waals surface area contributed by atoms with E-state index in [1.54, 1.807) is 0 Å². The van der Waals surface area contributed by atoms with Crippen molar-refractivity contribution < 1.29 is 0 Å². The van der Waals surface area contributed by atoms with Gasteiger partial charge in [0.25, 0.3) is 0 Å². The van der Waals surface area contributed by atoms with Crippen LogP contribution >= 0.6 is 138 Å². The Kier molecular flexibility index (Phi) is 9.70. The highest BCUT2D eigenvalue weighted by molar-refractivity contribution is 8.76. The lowest BCUT2D eigenvalue weighted by Crippen LogP contribution is -1.90. The SMILES string of the molecule is Clc1c(Cl)c(Cl)c(CSSCc2c(Cl)c(Cl)c(Cl)c(Cl)c2Cl)c(Cl)c1Cl. The quantitative estimate of drug-likeness (QED) is 0.147. The van der Waals surface area contributed by atoms with Gasteiger partial charge in [-0.1, -0.05) is 138 Å². The largest absolute Gasteiger partial charge is 0.0889 e. The van der Waals surface area contributed by atoms with E-state index in [1.807, 2.05) is 0 Å². The number of benzene rings is 2. The van der Waals surface area contributed by atoms with E-state index in [4.69, 9.17) is 116 Å². The van der Waals surface area contributed by atoms with Crippen LogP contribution in [-0.4, -0.2) is 0 Å². The van der Waals surface area contributed by atoms with Crippen molar-refractivity contribution >= 4 is 138 Å². The van der Waals surface area contributed by atoms with Crippen LogP contribution in [0.1, 0.15) is 11.1 Å². The molecule has 2 aromatic carbocycles. The highest BCUT2D eigenvalue weighted by Crippen LogP contribution is 2.48. The molecule has 0 amide bonds. The van der Waals surface area contributed by atoms with Crippen LogP contribution in [0, 0.1) is 0 Å². The topological polar surface area (TPSA) is 0 Å². The molecular formula is C14H4Cl10S2. The zero-order valence-electron chi connectivity index (χ0n) is 12.0. The van der Waals surface area contributed by atoms with Crippen LogP contribution in [0.4, 0.5) is 0 Å². The molecule has 0 unspecified atom stereocenters. The van der Waals surface area contributed by atoms with Gasteiger partial charge in [-0.2, -0.15) is 0 Å². The molecule has 12 heteroatoms. The van der Waals surface area contributed by atoms with Crippen LogP contribution in [0.3, 0.4) is 0 Å². The maximum Gasteiger partial charge on any atom is 0.0809 e. The normalized spacial score (nSPS) is 11.3. The maximum absolute atomic E-state index is 6.21. The molecule has 0 aromatic heterocycles. The van der Waals surface area contributed by atoms with Gasteiger partial charge in [0.05, 0.1) is 50.2 Å². The third kappa shape index (κ3) is 5.02. The fraction of sp³-hybridized carbons (Fsp3) is 0.143. The van der Waals surface area contributed by atoms with Gasteiger partial charge in [-0.25, -0.2) is 0 Å². The second-order valence-corrected chi connectivity index (χ2v) is 10.9. The van der Waals surface area contributed by atoms with Crippen molar-refractivity contribution in [3.05, 3.63) is 61.4 Å². The van der Waals surface area contributed by atoms with Gasteiger partial charge in [0, 0.05) is 22.6 Å². The van der Waals surface area contributed by atoms with Crippen LogP contribution in [0.2, 0.25) is 50.2 Å². The van der Waals surface area contributed by atoms with Crippen molar-refractivity contribution in [2.75, 3.05) is 0 Å². The van der Waals surface area contributed by atoms with Gasteiger partial charge in [0.1, 0.15) is 0 Å². The zero-order valence-corrected chi connectivity index (χ0v) is 21.2. The third-order valence-electron chi connectivity index (χ3n) is 3.09. The molecular weight excluding hydrogens is 587 g/mol. The van der Waals surface area contributed by atoms with Gasteiger partial charge in [-0.05, 0) is 0 Å². The van der Waals surface area contributed by atoms with Gasteiger partial charge in [-0.15, -0.1) is 0 Å². The molecule has 0 aliphatic heterocycles. The van der Waals surface area contributed by atoms with Gasteiger partial charge in [-0.3, -0.25) is 0 Å². The van der Waals surface area contributed by atoms with Gasteiger partial charge in [0.2, 0.25) is 0 Å². The highest BCUT2D eigenvalue weighted by Gasteiger charge is 2.21. The average Bonchev–Trinajstić information content (AvgIpc) is 2.63. The molecule has 0 bridgehead atoms. The summed E-state index contributed by atoms with van der Waals surface area (Å²) in [6.07, 6.45) is 0. The molecule has 0 atom stereocenters. The molecule has 2 aromatic rings. The summed E-state index contributed by atoms with van der Waals surface area (Å²) < 4.78 is 0. The molecule has 0 radical (unpaired) electrons. The van der Waals surface area contributed by atoms with E-state index in [0.717, 1.165) is 0 Å². The second-order valence-electron chi connectivity index (χ2n) is 4.62. The van der Waals surface area contributed by atoms with Crippen LogP contribution < -0.4 is 0 Å². The minimum Gasteiger partial charge on any atom is -0.0889 e. The summed E-state index contributed by atoms with van der Waals surface area (Å²) in [7, 11) is 2.87. The molecule has 0 spiro atoms. The Morgan fingerprint density at radius 3 is 0.769 bits per heavy atom. The lowest BCUT2D eigenvalue weighted by atomic mass is 10.2. The smallest absolute Gasteiger partial charge is 0.0809 e. The molecule has 0 nitrogen and oxygen atoms in total. The summed E-state index contributed by atoms with van der Waals surface area (Å²) in [6.45, 7) is 0. The second kappa shape index (κ2) is 10.4. The molecule has 0 N–H and O–H groups in total. The Bertz CT molecular complexity index is 738. The third-order valence-corrected chi connectivity index (χ3v) is 9.99. The molecule has 0 saturated heterocycles. The molecule has 2 rings (SSSR count). The Morgan fingerprint density at radius 2 is 0.538 bits per heavy atom. The Labute approximate surface area is 208 Å². The summed E-state index contributed by atoms with van der Waals surface area (Å²) in [6, 6.07) is 0. The fourth-order valence-corrected chi connectivity index (χ4v) is 6.88. The Hall–Kier alpha value is 2.04. The Morgan fingerprint density at radius 1 is 0.346 bits per heavy atom. The number of halogens is 10. The van der Waals surface area contributed by atoms with E-state index in [-0.39, 0.29) is 50.2 Å². The van der Waals surface area contributed by atoms with Crippen LogP contribution in [0.25, 0.3) is 0 Å². The van der Waals surface area contributed by atoms with Gasteiger partial charge >= 0.3 is 0 Å². The van der Waals surface area contributed by atoms with Crippen molar-refractivity contribution in [1.82, 2.24) is 0 Å². The first kappa shape index (κ1) is 24.3. The molecule has 142 valence electrons. The van der Waals surface area contributed by atoms with Crippen LogP contribution in [0.15, 0.2) is 0 Å². The summed E-state index contributed by atoms with van der Waals surface area (Å²) in [4.78, 5) is 0. The predicted octanol–water partition coefficient (Wildman–Crippen LogP) is 11.3. The first-order chi connectivity index (χ1) is 12.1. The molecule has 0 heterocycles. The van der Waals surface area contributed by atoms with Crippen molar-refractivity contribution in [3.8, 4) is 0 Å². The monoisotopic (exact) mass is 586 g/mol. The molecule has 0 aliphatic carbocycles. The van der Waals surface area contributed by atoms with Crippen molar-refractivity contribution in [2.45, 2.75) is 11.5 Å². The van der Waals surface area contributed by atoms with E-state index >= 15 is 0 Å². The summed E-state index contributed by atoms with van der Waals surface area (Å²) in [5.74, 6) is 0.840. The van der Waals surface area contributed by atoms with E-state index < -0.39 is 0 Å². The van der Waals surface area contributed by atoms with Crippen molar-refractivity contribution in [2.24, 2.45) is 0 Å². The minimum atomic E-state index is 0.119. The van der Waals surface area contributed by atoms with E-state index in [2.05, 4.69) is 0 Å². The summed E-state index contributed by atoms with van der Waals surface area (Å²) in [5.41, 5.74) is 1.16. The first-order valence-corrected chi connectivity index (χ1v) is 12.6. The molecule has 26 heavy (non-hydrogen) atoms. The molecule has 0 aliphatic rings. The first-order valence-electron chi connectivity index (χ1n) is 6.34. The fourth-order valence-electron chi connectivity index (χ4n) is 1.76. The van der Waals surface area contributed by atoms with Crippen LogP contribution in [-0.2, 0) is 11.5 Å². The Balaban J connectivity index is 2.14. The zero-order chi connectivity index (χ0) is 19.8. The van der Waals surface area contributed by atoms with Crippen LogP contribution in [0.5, 0.6) is 0 Å². The van der Waals surface area contributed by atoms with Gasteiger partial charge < -0.3 is 0 Å². The molecule has 0 fully saturated rings. The number of hydrogen-bond donors (Lipinski definition) is 0. The van der Waals surface area contributed by atoms with Crippen molar-refractivity contribution in [3.63, 3.8) is 0 Å². The summed E-state index contributed by atoms with van der Waals surface area (Å²) in [5, 5.41) is 1.90. The average molecular weight is 591 g/mol. The van der Waals surface area contributed by atoms with E-state index in [0.29, 0.717) is 22.6 Å². The lowest BCUT2D eigenvalue weighted by Gasteiger charge is -2.13. The van der Waals surface area contributed by atoms with E-state index in [9.17, 15) is 0 Å². The van der Waals surface area contributed by atoms with E-state index in [1.165, 1.54) is 21.6 Å². The lowest BCUT2D eigenvalue weighted by molar-refractivity contribution is 1.41. The number of rotatable bonds is 5.